The van der Waals surface area contributed by atoms with Gasteiger partial charge in [0.15, 0.2) is 0 Å². The lowest BCUT2D eigenvalue weighted by Gasteiger charge is -2.10. The molecular formula is C11H12ClN3. The van der Waals surface area contributed by atoms with Crippen molar-refractivity contribution >= 4 is 11.6 Å². The predicted molar refractivity (Wildman–Crippen MR) is 58.9 cm³/mol. The second-order valence-corrected chi connectivity index (χ2v) is 4.20. The molecule has 0 aliphatic carbocycles. The Morgan fingerprint density at radius 3 is 2.93 bits per heavy atom. The van der Waals surface area contributed by atoms with Gasteiger partial charge < -0.3 is 4.90 Å². The van der Waals surface area contributed by atoms with Gasteiger partial charge >= 0.3 is 0 Å². The van der Waals surface area contributed by atoms with Crippen LogP contribution in [0.4, 0.5) is 0 Å². The number of nitrogens with zero attached hydrogens (tertiary/aromatic N) is 3. The van der Waals surface area contributed by atoms with E-state index in [2.05, 4.69) is 23.0 Å². The molecule has 3 nitrogen and oxygen atoms in total. The van der Waals surface area contributed by atoms with E-state index in [4.69, 9.17) is 16.9 Å². The van der Waals surface area contributed by atoms with Crippen molar-refractivity contribution in [1.82, 2.24) is 9.88 Å². The van der Waals surface area contributed by atoms with Crippen molar-refractivity contribution in [2.24, 2.45) is 0 Å². The highest BCUT2D eigenvalue weighted by atomic mass is 35.5. The summed E-state index contributed by atoms with van der Waals surface area (Å²) in [6.07, 6.45) is 3.64. The molecule has 1 aromatic heterocycles. The minimum absolute atomic E-state index is 0.334. The lowest BCUT2D eigenvalue weighted by Crippen LogP contribution is -2.20. The van der Waals surface area contributed by atoms with Crippen molar-refractivity contribution in [1.29, 1.82) is 5.26 Å². The van der Waals surface area contributed by atoms with Gasteiger partial charge in [-0.2, -0.15) is 5.26 Å². The fourth-order valence-corrected chi connectivity index (χ4v) is 2.11. The molecule has 0 N–H and O–H groups in total. The number of aromatic nitrogens is 1. The van der Waals surface area contributed by atoms with Crippen molar-refractivity contribution in [3.63, 3.8) is 0 Å². The van der Waals surface area contributed by atoms with Gasteiger partial charge in [0.25, 0.3) is 0 Å². The molecule has 0 amide bonds. The summed E-state index contributed by atoms with van der Waals surface area (Å²) >= 11 is 5.90. The molecule has 0 fully saturated rings. The van der Waals surface area contributed by atoms with E-state index in [0.29, 0.717) is 10.7 Å². The first kappa shape index (κ1) is 10.4. The Morgan fingerprint density at radius 1 is 1.47 bits per heavy atom. The smallest absolute Gasteiger partial charge is 0.147 e. The van der Waals surface area contributed by atoms with E-state index >= 15 is 0 Å². The van der Waals surface area contributed by atoms with Gasteiger partial charge in [0.2, 0.25) is 0 Å². The Labute approximate surface area is 94.3 Å². The molecule has 15 heavy (non-hydrogen) atoms. The zero-order chi connectivity index (χ0) is 10.8. The minimum atomic E-state index is 0.334. The first-order valence-corrected chi connectivity index (χ1v) is 5.35. The molecule has 1 aromatic rings. The third-order valence-electron chi connectivity index (χ3n) is 2.85. The summed E-state index contributed by atoms with van der Waals surface area (Å²) in [7, 11) is 2.09. The molecule has 1 aliphatic heterocycles. The molecule has 0 saturated carbocycles. The van der Waals surface area contributed by atoms with Crippen molar-refractivity contribution in [2.75, 3.05) is 20.1 Å². The molecule has 0 saturated heterocycles. The van der Waals surface area contributed by atoms with Crippen LogP contribution in [0.2, 0.25) is 5.15 Å². The largest absolute Gasteiger partial charge is 0.306 e. The van der Waals surface area contributed by atoms with E-state index in [1.54, 1.807) is 6.20 Å². The third kappa shape index (κ3) is 1.97. The molecule has 0 aromatic carbocycles. The summed E-state index contributed by atoms with van der Waals surface area (Å²) < 4.78 is 0. The number of hydrogen-bond donors (Lipinski definition) is 0. The Balaban J connectivity index is 2.48. The van der Waals surface area contributed by atoms with E-state index in [1.165, 1.54) is 5.56 Å². The Bertz CT molecular complexity index is 423. The van der Waals surface area contributed by atoms with Gasteiger partial charge in [-0.3, -0.25) is 0 Å². The first-order chi connectivity index (χ1) is 7.22. The molecule has 4 heteroatoms. The lowest BCUT2D eigenvalue weighted by molar-refractivity contribution is 0.352. The first-order valence-electron chi connectivity index (χ1n) is 4.97. The van der Waals surface area contributed by atoms with E-state index in [9.17, 15) is 0 Å². The van der Waals surface area contributed by atoms with Gasteiger partial charge in [-0.1, -0.05) is 11.6 Å². The summed E-state index contributed by atoms with van der Waals surface area (Å²) in [5.74, 6) is 0. The Kier molecular flexibility index (Phi) is 2.90. The van der Waals surface area contributed by atoms with Gasteiger partial charge in [0.05, 0.1) is 5.56 Å². The van der Waals surface area contributed by atoms with Gasteiger partial charge in [-0.15, -0.1) is 0 Å². The van der Waals surface area contributed by atoms with Crippen molar-refractivity contribution < 1.29 is 0 Å². The van der Waals surface area contributed by atoms with E-state index < -0.39 is 0 Å². The molecule has 0 unspecified atom stereocenters. The fraction of sp³-hybridized carbons (Fsp3) is 0.455. The average Bonchev–Trinajstić information content (AvgIpc) is 2.41. The second kappa shape index (κ2) is 4.18. The van der Waals surface area contributed by atoms with Crippen LogP contribution >= 0.6 is 11.6 Å². The van der Waals surface area contributed by atoms with Crippen LogP contribution in [0.15, 0.2) is 6.20 Å². The maximum Gasteiger partial charge on any atom is 0.147 e. The van der Waals surface area contributed by atoms with E-state index in [-0.39, 0.29) is 0 Å². The monoisotopic (exact) mass is 221 g/mol. The molecular weight excluding hydrogens is 210 g/mol. The summed E-state index contributed by atoms with van der Waals surface area (Å²) in [6.45, 7) is 1.99. The number of nitriles is 1. The number of fused-ring (bicyclic) bond motifs is 1. The van der Waals surface area contributed by atoms with Crippen molar-refractivity contribution in [3.05, 3.63) is 28.0 Å². The molecule has 2 heterocycles. The zero-order valence-electron chi connectivity index (χ0n) is 8.63. The maximum absolute atomic E-state index is 9.04. The number of likely N-dealkylation sites (N-methyl/N-ethyl adjacent to an activating group) is 1. The summed E-state index contributed by atoms with van der Waals surface area (Å²) in [4.78, 5) is 6.31. The van der Waals surface area contributed by atoms with Gasteiger partial charge in [0, 0.05) is 19.3 Å². The van der Waals surface area contributed by atoms with Crippen molar-refractivity contribution in [2.45, 2.75) is 12.8 Å². The van der Waals surface area contributed by atoms with Crippen LogP contribution in [0.3, 0.4) is 0 Å². The molecule has 1 aliphatic rings. The molecule has 0 spiro atoms. The van der Waals surface area contributed by atoms with Crippen LogP contribution in [0.5, 0.6) is 0 Å². The predicted octanol–water partition coefficient (Wildman–Crippen LogP) is 1.64. The normalized spacial score (nSPS) is 16.6. The van der Waals surface area contributed by atoms with Crippen LogP contribution in [0.25, 0.3) is 0 Å². The summed E-state index contributed by atoms with van der Waals surface area (Å²) in [5, 5.41) is 9.38. The standard InChI is InChI=1S/C11H12ClN3/c1-15-4-2-8-7-14-11(12)10(6-13)9(8)3-5-15/h7H,2-5H2,1H3. The molecule has 78 valence electrons. The minimum Gasteiger partial charge on any atom is -0.306 e. The highest BCUT2D eigenvalue weighted by molar-refractivity contribution is 6.30. The van der Waals surface area contributed by atoms with Crippen LogP contribution in [0.1, 0.15) is 16.7 Å². The molecule has 2 rings (SSSR count). The van der Waals surface area contributed by atoms with E-state index in [1.807, 2.05) is 0 Å². The van der Waals surface area contributed by atoms with Crippen LogP contribution in [0, 0.1) is 11.3 Å². The highest BCUT2D eigenvalue weighted by Gasteiger charge is 2.17. The quantitative estimate of drug-likeness (QED) is 0.626. The third-order valence-corrected chi connectivity index (χ3v) is 3.13. The highest BCUT2D eigenvalue weighted by Crippen LogP contribution is 2.23. The van der Waals surface area contributed by atoms with Crippen molar-refractivity contribution in [3.8, 4) is 6.07 Å². The maximum atomic E-state index is 9.04. The molecule has 0 atom stereocenters. The summed E-state index contributed by atoms with van der Waals surface area (Å²) in [5.41, 5.74) is 2.81. The van der Waals surface area contributed by atoms with Gasteiger partial charge in [-0.05, 0) is 31.0 Å². The Hall–Kier alpha value is -1.11. The number of pyridine rings is 1. The fourth-order valence-electron chi connectivity index (χ4n) is 1.90. The number of halogens is 1. The van der Waals surface area contributed by atoms with E-state index in [0.717, 1.165) is 31.5 Å². The lowest BCUT2D eigenvalue weighted by atomic mass is 10.0. The topological polar surface area (TPSA) is 39.9 Å². The average molecular weight is 222 g/mol. The van der Waals surface area contributed by atoms with Crippen LogP contribution in [-0.2, 0) is 12.8 Å². The van der Waals surface area contributed by atoms with Crippen LogP contribution < -0.4 is 0 Å². The number of hydrogen-bond acceptors (Lipinski definition) is 3. The van der Waals surface area contributed by atoms with Crippen LogP contribution in [-0.4, -0.2) is 30.0 Å². The second-order valence-electron chi connectivity index (χ2n) is 3.84. The molecule has 0 radical (unpaired) electrons. The number of rotatable bonds is 0. The zero-order valence-corrected chi connectivity index (χ0v) is 9.38. The SMILES string of the molecule is CN1CCc2cnc(Cl)c(C#N)c2CC1. The van der Waals surface area contributed by atoms with Gasteiger partial charge in [-0.25, -0.2) is 4.98 Å². The van der Waals surface area contributed by atoms with Gasteiger partial charge in [0.1, 0.15) is 11.2 Å². The summed E-state index contributed by atoms with van der Waals surface area (Å²) in [6, 6.07) is 2.15. The molecule has 0 bridgehead atoms. The Morgan fingerprint density at radius 2 is 2.20 bits per heavy atom.